The number of fused-ring (bicyclic) bond motifs is 1. The highest BCUT2D eigenvalue weighted by atomic mass is 16.5. The number of aromatic nitrogens is 2. The van der Waals surface area contributed by atoms with Crippen LogP contribution in [0, 0.1) is 34.5 Å². The number of rotatable bonds is 11. The lowest BCUT2D eigenvalue weighted by Crippen LogP contribution is -2.60. The van der Waals surface area contributed by atoms with Gasteiger partial charge in [-0.1, -0.05) is 0 Å². The van der Waals surface area contributed by atoms with E-state index in [2.05, 4.69) is 41.6 Å². The van der Waals surface area contributed by atoms with Gasteiger partial charge in [0.05, 0.1) is 17.7 Å². The molecule has 4 saturated heterocycles. The van der Waals surface area contributed by atoms with E-state index in [1.807, 2.05) is 36.4 Å². The van der Waals surface area contributed by atoms with E-state index in [4.69, 9.17) is 10.00 Å². The molecule has 324 valence electrons. The van der Waals surface area contributed by atoms with Crippen LogP contribution in [0.4, 0.5) is 11.5 Å². The lowest BCUT2D eigenvalue weighted by atomic mass is 9.71. The van der Waals surface area contributed by atoms with Gasteiger partial charge >= 0.3 is 0 Å². The number of amides is 3. The van der Waals surface area contributed by atoms with Crippen LogP contribution in [0.1, 0.15) is 120 Å². The second-order valence-corrected chi connectivity index (χ2v) is 18.7. The molecule has 3 amide bonds. The minimum atomic E-state index is -0.428. The highest BCUT2D eigenvalue weighted by Gasteiger charge is 2.46. The van der Waals surface area contributed by atoms with Crippen molar-refractivity contribution in [3.8, 4) is 11.8 Å². The number of piperidine rings is 3. The second kappa shape index (κ2) is 18.0. The molecule has 14 heteroatoms. The number of anilines is 2. The predicted octanol–water partition coefficient (Wildman–Crippen LogP) is 5.51. The van der Waals surface area contributed by atoms with Crippen molar-refractivity contribution in [2.75, 3.05) is 55.6 Å². The van der Waals surface area contributed by atoms with Crippen LogP contribution in [-0.4, -0.2) is 102 Å². The summed E-state index contributed by atoms with van der Waals surface area (Å²) in [6.07, 6.45) is 9.88. The van der Waals surface area contributed by atoms with Gasteiger partial charge in [0.2, 0.25) is 11.8 Å². The zero-order valence-corrected chi connectivity index (χ0v) is 35.4. The number of nitrogens with one attached hydrogen (secondary N) is 2. The van der Waals surface area contributed by atoms with Gasteiger partial charge in [0.25, 0.3) is 5.91 Å². The maximum absolute atomic E-state index is 13.6. The van der Waals surface area contributed by atoms with Gasteiger partial charge in [0.1, 0.15) is 5.75 Å². The summed E-state index contributed by atoms with van der Waals surface area (Å²) in [4.78, 5) is 70.8. The van der Waals surface area contributed by atoms with Crippen molar-refractivity contribution in [2.24, 2.45) is 23.2 Å². The van der Waals surface area contributed by atoms with E-state index in [1.165, 1.54) is 0 Å². The molecule has 5 heterocycles. The number of nitrogens with zero attached hydrogens (tertiary/aromatic N) is 6. The number of nitriles is 1. The molecule has 2 N–H and O–H groups in total. The van der Waals surface area contributed by atoms with Gasteiger partial charge in [-0.2, -0.15) is 5.26 Å². The first-order valence-corrected chi connectivity index (χ1v) is 22.7. The number of hydrogen-bond acceptors (Lipinski definition) is 12. The molecule has 1 saturated carbocycles. The van der Waals surface area contributed by atoms with Crippen LogP contribution in [0.25, 0.3) is 0 Å². The Bertz CT molecular complexity index is 2210. The molecule has 0 bridgehead atoms. The molecule has 4 aliphatic heterocycles. The lowest BCUT2D eigenvalue weighted by Gasteiger charge is -2.55. The number of carbonyl (C=O) groups is 5. The van der Waals surface area contributed by atoms with Crippen LogP contribution in [-0.2, 0) is 9.59 Å². The highest BCUT2D eigenvalue weighted by Crippen LogP contribution is 2.44. The summed E-state index contributed by atoms with van der Waals surface area (Å²) in [5.41, 5.74) is 3.25. The molecule has 1 aromatic heterocycles. The molecule has 3 aromatic rings. The van der Waals surface area contributed by atoms with Crippen molar-refractivity contribution >= 4 is 40.8 Å². The lowest BCUT2D eigenvalue weighted by molar-refractivity contribution is -0.136. The first-order chi connectivity index (χ1) is 30.1. The topological polar surface area (TPSA) is 178 Å². The number of carbonyl (C=O) groups excluding carboxylic acids is 5. The quantitative estimate of drug-likeness (QED) is 0.232. The average molecular weight is 841 g/mol. The SMILES string of the molecule is N#Cc1ccc(O[C@H]2CC[C@H](NC(=O)c3ccc(N4CCC(CN5CCC6(CC5)CN(c5ccc7c(c5)C(=O)C(CCC5CCC(=O)NC5=O)CC7=O)C6)CC4)nn3)CC2)cc1. The van der Waals surface area contributed by atoms with Crippen LogP contribution in [0.2, 0.25) is 0 Å². The van der Waals surface area contributed by atoms with E-state index in [0.717, 1.165) is 114 Å². The minimum absolute atomic E-state index is 0.00636. The first kappa shape index (κ1) is 41.7. The van der Waals surface area contributed by atoms with Gasteiger partial charge < -0.3 is 24.8 Å². The van der Waals surface area contributed by atoms with Gasteiger partial charge in [0.15, 0.2) is 23.1 Å². The maximum atomic E-state index is 13.6. The standard InChI is InChI=1S/C48H56N8O6/c49-27-31-1-9-37(10-2-31)62-38-11-6-35(7-12-38)50-47(61)41-14-15-43(53-52-41)55-21-17-32(18-22-55)28-54-23-19-48(20-24-54)29-56(30-48)36-8-13-39-40(26-36)45(59)34(25-42(39)57)4-3-33-5-16-44(58)51-46(33)60/h1-2,8-10,13-15,26,32-35,38H,3-7,11-12,16-25,28-30H2,(H,50,61)(H,51,58,60)/t33?,34?,35-,38-. The normalized spacial score (nSPS) is 25.4. The molecule has 1 spiro atoms. The summed E-state index contributed by atoms with van der Waals surface area (Å²) >= 11 is 0. The number of likely N-dealkylation sites (tertiary alicyclic amines) is 1. The van der Waals surface area contributed by atoms with Crippen molar-refractivity contribution in [1.82, 2.24) is 25.7 Å². The van der Waals surface area contributed by atoms with Gasteiger partial charge in [-0.3, -0.25) is 29.3 Å². The van der Waals surface area contributed by atoms with E-state index >= 15 is 0 Å². The van der Waals surface area contributed by atoms with Crippen LogP contribution in [0.3, 0.4) is 0 Å². The van der Waals surface area contributed by atoms with E-state index in [9.17, 15) is 24.0 Å². The van der Waals surface area contributed by atoms with Crippen molar-refractivity contribution < 1.29 is 28.7 Å². The third kappa shape index (κ3) is 9.23. The fraction of sp³-hybridized carbons (Fsp3) is 0.542. The monoisotopic (exact) mass is 840 g/mol. The second-order valence-electron chi connectivity index (χ2n) is 18.7. The molecular weight excluding hydrogens is 785 g/mol. The zero-order chi connectivity index (χ0) is 42.8. The first-order valence-electron chi connectivity index (χ1n) is 22.7. The van der Waals surface area contributed by atoms with Crippen LogP contribution >= 0.6 is 0 Å². The Labute approximate surface area is 362 Å². The number of Topliss-reactive ketones (excluding diaryl/α,β-unsaturated/α-hetero) is 2. The third-order valence-corrected chi connectivity index (χ3v) is 14.6. The van der Waals surface area contributed by atoms with Crippen molar-refractivity contribution in [1.29, 1.82) is 5.26 Å². The zero-order valence-electron chi connectivity index (χ0n) is 35.4. The van der Waals surface area contributed by atoms with E-state index in [-0.39, 0.29) is 59.2 Å². The molecule has 6 aliphatic rings. The molecule has 2 aromatic carbocycles. The Kier molecular flexibility index (Phi) is 12.1. The number of imide groups is 1. The summed E-state index contributed by atoms with van der Waals surface area (Å²) in [6, 6.07) is 18.8. The largest absolute Gasteiger partial charge is 0.490 e. The number of ether oxygens (including phenoxy) is 1. The van der Waals surface area contributed by atoms with Crippen LogP contribution in [0.5, 0.6) is 5.75 Å². The predicted molar refractivity (Wildman–Crippen MR) is 231 cm³/mol. The Morgan fingerprint density at radius 2 is 1.56 bits per heavy atom. The van der Waals surface area contributed by atoms with Crippen molar-refractivity contribution in [3.05, 3.63) is 77.0 Å². The van der Waals surface area contributed by atoms with Gasteiger partial charge in [-0.05, 0) is 144 Å². The fourth-order valence-electron chi connectivity index (χ4n) is 10.7. The molecule has 14 nitrogen and oxygen atoms in total. The summed E-state index contributed by atoms with van der Waals surface area (Å²) in [6.45, 7) is 7.03. The van der Waals surface area contributed by atoms with Gasteiger partial charge in [0, 0.05) is 85.7 Å². The Hall–Kier alpha value is -5.68. The smallest absolute Gasteiger partial charge is 0.272 e. The van der Waals surface area contributed by atoms with E-state index < -0.39 is 5.92 Å². The van der Waals surface area contributed by atoms with E-state index in [1.54, 1.807) is 18.2 Å². The maximum Gasteiger partial charge on any atom is 0.272 e. The summed E-state index contributed by atoms with van der Waals surface area (Å²) in [5, 5.41) is 23.3. The number of benzene rings is 2. The Morgan fingerprint density at radius 3 is 2.26 bits per heavy atom. The molecule has 2 unspecified atom stereocenters. The molecule has 5 fully saturated rings. The highest BCUT2D eigenvalue weighted by molar-refractivity contribution is 6.15. The third-order valence-electron chi connectivity index (χ3n) is 14.6. The molecule has 9 rings (SSSR count). The molecule has 2 aliphatic carbocycles. The van der Waals surface area contributed by atoms with Crippen LogP contribution < -0.4 is 25.2 Å². The molecule has 2 atom stereocenters. The van der Waals surface area contributed by atoms with E-state index in [0.29, 0.717) is 54.0 Å². The van der Waals surface area contributed by atoms with Crippen molar-refractivity contribution in [3.63, 3.8) is 0 Å². The van der Waals surface area contributed by atoms with Gasteiger partial charge in [-0.15, -0.1) is 10.2 Å². The summed E-state index contributed by atoms with van der Waals surface area (Å²) < 4.78 is 6.10. The average Bonchev–Trinajstić information content (AvgIpc) is 3.28. The van der Waals surface area contributed by atoms with Crippen molar-refractivity contribution in [2.45, 2.75) is 95.6 Å². The Morgan fingerprint density at radius 1 is 0.823 bits per heavy atom. The van der Waals surface area contributed by atoms with Gasteiger partial charge in [-0.25, -0.2) is 0 Å². The Balaban J connectivity index is 0.679. The minimum Gasteiger partial charge on any atom is -0.490 e. The molecule has 62 heavy (non-hydrogen) atoms. The summed E-state index contributed by atoms with van der Waals surface area (Å²) in [5.74, 6) is 0.760. The number of ketones is 2. The fourth-order valence-corrected chi connectivity index (χ4v) is 10.7. The van der Waals surface area contributed by atoms with Crippen LogP contribution in [0.15, 0.2) is 54.6 Å². The molecule has 0 radical (unpaired) electrons. The molecular formula is C48H56N8O6. The summed E-state index contributed by atoms with van der Waals surface area (Å²) in [7, 11) is 0. The number of hydrogen-bond donors (Lipinski definition) is 2.